The second-order valence-electron chi connectivity index (χ2n) is 6.24. The maximum absolute atomic E-state index is 12.7. The highest BCUT2D eigenvalue weighted by Gasteiger charge is 2.33. The second-order valence-corrected chi connectivity index (χ2v) is 7.74. The molecule has 1 aliphatic rings. The van der Waals surface area contributed by atoms with Crippen LogP contribution in [0.25, 0.3) is 0 Å². The summed E-state index contributed by atoms with van der Waals surface area (Å²) in [6.45, 7) is 5.15. The molecule has 144 valence electrons. The van der Waals surface area contributed by atoms with Crippen LogP contribution in [0.1, 0.15) is 42.3 Å². The Morgan fingerprint density at radius 2 is 2.07 bits per heavy atom. The Hall–Kier alpha value is -1.89. The maximum Gasteiger partial charge on any atom is 0.328 e. The molecule has 0 spiro atoms. The van der Waals surface area contributed by atoms with Crippen LogP contribution in [0.5, 0.6) is 5.06 Å². The van der Waals surface area contributed by atoms with Crippen LogP contribution in [0, 0.1) is 0 Å². The van der Waals surface area contributed by atoms with E-state index in [1.54, 1.807) is 19.9 Å². The van der Waals surface area contributed by atoms with E-state index in [0.29, 0.717) is 36.2 Å². The quantitative estimate of drug-likeness (QED) is 0.665. The van der Waals surface area contributed by atoms with E-state index in [9.17, 15) is 9.59 Å². The van der Waals surface area contributed by atoms with Gasteiger partial charge < -0.3 is 9.47 Å². The normalized spacial score (nSPS) is 15.1. The van der Waals surface area contributed by atoms with Gasteiger partial charge in [0.15, 0.2) is 5.06 Å². The van der Waals surface area contributed by atoms with Crippen LogP contribution < -0.4 is 4.74 Å². The van der Waals surface area contributed by atoms with Crippen molar-refractivity contribution in [2.45, 2.75) is 39.3 Å². The van der Waals surface area contributed by atoms with E-state index in [2.05, 4.69) is 4.90 Å². The van der Waals surface area contributed by atoms with E-state index in [4.69, 9.17) is 21.1 Å². The van der Waals surface area contributed by atoms with E-state index in [-0.39, 0.29) is 11.9 Å². The minimum absolute atomic E-state index is 0.245. The summed E-state index contributed by atoms with van der Waals surface area (Å²) >= 11 is 7.87. The molecule has 7 heteroatoms. The van der Waals surface area contributed by atoms with Crippen molar-refractivity contribution in [2.24, 2.45) is 0 Å². The van der Waals surface area contributed by atoms with Gasteiger partial charge in [0, 0.05) is 29.4 Å². The Bertz CT molecular complexity index is 835. The number of fused-ring (bicyclic) bond motifs is 1. The highest BCUT2D eigenvalue weighted by Crippen LogP contribution is 2.37. The third kappa shape index (κ3) is 4.51. The van der Waals surface area contributed by atoms with Crippen LogP contribution in [0.15, 0.2) is 30.3 Å². The van der Waals surface area contributed by atoms with Crippen molar-refractivity contribution in [3.63, 3.8) is 0 Å². The van der Waals surface area contributed by atoms with Crippen LogP contribution in [0.4, 0.5) is 0 Å². The molecule has 27 heavy (non-hydrogen) atoms. The van der Waals surface area contributed by atoms with E-state index >= 15 is 0 Å². The van der Waals surface area contributed by atoms with Gasteiger partial charge in [-0.1, -0.05) is 36.7 Å². The van der Waals surface area contributed by atoms with Crippen molar-refractivity contribution in [1.82, 2.24) is 4.90 Å². The largest absolute Gasteiger partial charge is 0.465 e. The van der Waals surface area contributed by atoms with Gasteiger partial charge >= 0.3 is 11.9 Å². The fourth-order valence-corrected chi connectivity index (χ4v) is 4.44. The zero-order valence-electron chi connectivity index (χ0n) is 15.4. The van der Waals surface area contributed by atoms with Crippen LogP contribution in [-0.2, 0) is 27.3 Å². The summed E-state index contributed by atoms with van der Waals surface area (Å²) in [5.41, 5.74) is 1.82. The molecule has 1 aromatic heterocycles. The number of hydrogen-bond acceptors (Lipinski definition) is 6. The third-order valence-corrected chi connectivity index (χ3v) is 5.91. The number of carbonyl (C=O) groups excluding carboxylic acids is 2. The molecule has 5 nitrogen and oxygen atoms in total. The van der Waals surface area contributed by atoms with Crippen LogP contribution in [0.3, 0.4) is 0 Å². The molecule has 0 saturated carbocycles. The van der Waals surface area contributed by atoms with Gasteiger partial charge in [-0.3, -0.25) is 9.69 Å². The number of thiophene rings is 1. The summed E-state index contributed by atoms with van der Waals surface area (Å²) in [4.78, 5) is 27.5. The SMILES string of the molecule is CCOC(=O)[C@H](c1ccccc1Cl)N1CCc2sc(OC(=O)CC)cc2C1. The van der Waals surface area contributed by atoms with Crippen LogP contribution in [-0.4, -0.2) is 30.0 Å². The highest BCUT2D eigenvalue weighted by molar-refractivity contribution is 7.14. The molecule has 0 unspecified atom stereocenters. The molecule has 0 fully saturated rings. The molecule has 2 aromatic rings. The van der Waals surface area contributed by atoms with E-state index in [0.717, 1.165) is 17.5 Å². The third-order valence-electron chi connectivity index (χ3n) is 4.45. The molecule has 0 amide bonds. The van der Waals surface area contributed by atoms with E-state index < -0.39 is 6.04 Å². The molecule has 1 aromatic carbocycles. The maximum atomic E-state index is 12.7. The molecule has 3 rings (SSSR count). The average Bonchev–Trinajstić information content (AvgIpc) is 3.05. The average molecular weight is 408 g/mol. The molecule has 0 aliphatic carbocycles. The van der Waals surface area contributed by atoms with Gasteiger partial charge in [0.2, 0.25) is 0 Å². The number of esters is 2. The minimum Gasteiger partial charge on any atom is -0.465 e. The fraction of sp³-hybridized carbons (Fsp3) is 0.400. The molecule has 0 saturated heterocycles. The fourth-order valence-electron chi connectivity index (χ4n) is 3.17. The second kappa shape index (κ2) is 8.87. The molecule has 0 radical (unpaired) electrons. The van der Waals surface area contributed by atoms with Crippen molar-refractivity contribution in [3.8, 4) is 5.06 Å². The Kier molecular flexibility index (Phi) is 6.52. The molecular formula is C20H22ClNO4S. The molecule has 0 N–H and O–H groups in total. The zero-order valence-corrected chi connectivity index (χ0v) is 16.9. The first-order valence-corrected chi connectivity index (χ1v) is 10.2. The zero-order chi connectivity index (χ0) is 19.4. The van der Waals surface area contributed by atoms with Gasteiger partial charge in [-0.2, -0.15) is 0 Å². The first kappa shape index (κ1) is 19.9. The van der Waals surface area contributed by atoms with Gasteiger partial charge in [-0.05, 0) is 36.6 Å². The van der Waals surface area contributed by atoms with Crippen molar-refractivity contribution < 1.29 is 19.1 Å². The first-order chi connectivity index (χ1) is 13.0. The van der Waals surface area contributed by atoms with Gasteiger partial charge in [-0.15, -0.1) is 11.3 Å². The lowest BCUT2D eigenvalue weighted by molar-refractivity contribution is -0.150. The summed E-state index contributed by atoms with van der Waals surface area (Å²) in [5, 5.41) is 1.16. The van der Waals surface area contributed by atoms with Crippen LogP contribution >= 0.6 is 22.9 Å². The number of carbonyl (C=O) groups is 2. The lowest BCUT2D eigenvalue weighted by Crippen LogP contribution is -2.38. The summed E-state index contributed by atoms with van der Waals surface area (Å²) in [6.07, 6.45) is 1.12. The molecule has 0 bridgehead atoms. The van der Waals surface area contributed by atoms with Crippen LogP contribution in [0.2, 0.25) is 5.02 Å². The molecule has 1 atom stereocenters. The van der Waals surface area contributed by atoms with Crippen molar-refractivity contribution in [2.75, 3.05) is 13.2 Å². The number of hydrogen-bond donors (Lipinski definition) is 0. The van der Waals surface area contributed by atoms with E-state index in [1.807, 2.05) is 24.3 Å². The molecule has 2 heterocycles. The lowest BCUT2D eigenvalue weighted by Gasteiger charge is -2.33. The number of halogens is 1. The van der Waals surface area contributed by atoms with Crippen molar-refractivity contribution in [3.05, 3.63) is 51.4 Å². The number of ether oxygens (including phenoxy) is 2. The summed E-state index contributed by atoms with van der Waals surface area (Å²) < 4.78 is 10.7. The Balaban J connectivity index is 1.86. The predicted molar refractivity (Wildman–Crippen MR) is 105 cm³/mol. The monoisotopic (exact) mass is 407 g/mol. The smallest absolute Gasteiger partial charge is 0.328 e. The highest BCUT2D eigenvalue weighted by atomic mass is 35.5. The van der Waals surface area contributed by atoms with Gasteiger partial charge in [0.05, 0.1) is 6.61 Å². The van der Waals surface area contributed by atoms with E-state index in [1.165, 1.54) is 16.2 Å². The van der Waals surface area contributed by atoms with Gasteiger partial charge in [0.1, 0.15) is 6.04 Å². The van der Waals surface area contributed by atoms with Crippen molar-refractivity contribution in [1.29, 1.82) is 0 Å². The summed E-state index contributed by atoms with van der Waals surface area (Å²) in [6, 6.07) is 8.69. The van der Waals surface area contributed by atoms with Gasteiger partial charge in [0.25, 0.3) is 0 Å². The minimum atomic E-state index is -0.562. The Morgan fingerprint density at radius 1 is 1.30 bits per heavy atom. The molecule has 1 aliphatic heterocycles. The van der Waals surface area contributed by atoms with Crippen molar-refractivity contribution >= 4 is 34.9 Å². The van der Waals surface area contributed by atoms with Gasteiger partial charge in [-0.25, -0.2) is 4.79 Å². The summed E-state index contributed by atoms with van der Waals surface area (Å²) in [5.74, 6) is -0.548. The topological polar surface area (TPSA) is 55.8 Å². The summed E-state index contributed by atoms with van der Waals surface area (Å²) in [7, 11) is 0. The Labute approximate surface area is 167 Å². The predicted octanol–water partition coefficient (Wildman–Crippen LogP) is 4.38. The first-order valence-electron chi connectivity index (χ1n) is 9.00. The Morgan fingerprint density at radius 3 is 2.78 bits per heavy atom. The standard InChI is InChI=1S/C20H22ClNO4S/c1-3-17(23)26-18-11-13-12-22(10-9-16(13)27-18)19(20(24)25-4-2)14-7-5-6-8-15(14)21/h5-8,11,19H,3-4,9-10,12H2,1-2H3/t19-/m0/s1. The number of benzene rings is 1. The molecular weight excluding hydrogens is 386 g/mol. The number of rotatable bonds is 6. The lowest BCUT2D eigenvalue weighted by atomic mass is 10.0. The number of nitrogens with zero attached hydrogens (tertiary/aromatic N) is 1.